The highest BCUT2D eigenvalue weighted by Crippen LogP contribution is 2.30. The van der Waals surface area contributed by atoms with Crippen molar-refractivity contribution in [1.29, 1.82) is 0 Å². The number of nitrogens with zero attached hydrogens (tertiary/aromatic N) is 1. The van der Waals surface area contributed by atoms with Crippen LogP contribution in [0.4, 0.5) is 0 Å². The lowest BCUT2D eigenvalue weighted by Crippen LogP contribution is -2.13. The Bertz CT molecular complexity index is 505. The minimum Gasteiger partial charge on any atom is -0.310 e. The molecule has 0 atom stereocenters. The van der Waals surface area contributed by atoms with Gasteiger partial charge in [-0.3, -0.25) is 0 Å². The molecular weight excluding hydrogens is 308 g/mol. The summed E-state index contributed by atoms with van der Waals surface area (Å²) in [5.41, 5.74) is 2.37. The summed E-state index contributed by atoms with van der Waals surface area (Å²) in [7, 11) is 0. The molecule has 0 radical (unpaired) electrons. The average molecular weight is 325 g/mol. The molecule has 0 aliphatic rings. The highest BCUT2D eigenvalue weighted by Gasteiger charge is 2.09. The van der Waals surface area contributed by atoms with Gasteiger partial charge in [-0.25, -0.2) is 4.98 Å². The molecule has 4 heteroatoms. The molecule has 96 valence electrons. The van der Waals surface area contributed by atoms with Crippen molar-refractivity contribution in [3.05, 3.63) is 39.4 Å². The molecule has 2 nitrogen and oxygen atoms in total. The zero-order valence-corrected chi connectivity index (χ0v) is 13.1. The third-order valence-corrected chi connectivity index (χ3v) is 4.39. The van der Waals surface area contributed by atoms with Crippen molar-refractivity contribution in [3.8, 4) is 10.4 Å². The molecule has 0 spiro atoms. The highest BCUT2D eigenvalue weighted by atomic mass is 79.9. The summed E-state index contributed by atoms with van der Waals surface area (Å²) < 4.78 is 1.11. The van der Waals surface area contributed by atoms with Gasteiger partial charge in [0.05, 0.1) is 10.6 Å². The number of aromatic nitrogens is 1. The summed E-state index contributed by atoms with van der Waals surface area (Å²) in [5, 5.41) is 4.56. The fourth-order valence-electron chi connectivity index (χ4n) is 1.77. The third-order valence-electron chi connectivity index (χ3n) is 2.65. The second kappa shape index (κ2) is 6.45. The first kappa shape index (κ1) is 13.7. The van der Waals surface area contributed by atoms with Crippen molar-refractivity contribution in [2.75, 3.05) is 6.54 Å². The van der Waals surface area contributed by atoms with Gasteiger partial charge in [0.15, 0.2) is 0 Å². The van der Waals surface area contributed by atoms with Crippen LogP contribution in [0.1, 0.15) is 24.0 Å². The van der Waals surface area contributed by atoms with E-state index in [4.69, 9.17) is 0 Å². The molecule has 0 amide bonds. The Morgan fingerprint density at radius 1 is 1.28 bits per heavy atom. The first-order valence-electron chi connectivity index (χ1n) is 6.13. The number of halogens is 1. The lowest BCUT2D eigenvalue weighted by atomic mass is 10.2. The first-order valence-corrected chi connectivity index (χ1v) is 7.74. The zero-order chi connectivity index (χ0) is 13.0. The summed E-state index contributed by atoms with van der Waals surface area (Å²) in [5.74, 6) is 0. The number of rotatable bonds is 5. The van der Waals surface area contributed by atoms with Crippen LogP contribution >= 0.6 is 27.3 Å². The van der Waals surface area contributed by atoms with Crippen molar-refractivity contribution < 1.29 is 0 Å². The predicted molar refractivity (Wildman–Crippen MR) is 82.0 cm³/mol. The number of aryl methyl sites for hydroxylation is 1. The van der Waals surface area contributed by atoms with E-state index in [1.807, 2.05) is 0 Å². The van der Waals surface area contributed by atoms with E-state index in [9.17, 15) is 0 Å². The van der Waals surface area contributed by atoms with Crippen molar-refractivity contribution in [3.63, 3.8) is 0 Å². The lowest BCUT2D eigenvalue weighted by molar-refractivity contribution is 0.672. The summed E-state index contributed by atoms with van der Waals surface area (Å²) in [6.07, 6.45) is 1.16. The molecule has 18 heavy (non-hydrogen) atoms. The topological polar surface area (TPSA) is 24.9 Å². The SMILES string of the molecule is CCCNCc1nc(C)c(-c2ccc(Br)cc2)s1. The van der Waals surface area contributed by atoms with Crippen LogP contribution < -0.4 is 5.32 Å². The van der Waals surface area contributed by atoms with E-state index in [0.29, 0.717) is 0 Å². The van der Waals surface area contributed by atoms with Gasteiger partial charge < -0.3 is 5.32 Å². The molecule has 1 heterocycles. The Balaban J connectivity index is 2.16. The molecule has 1 aromatic heterocycles. The molecular formula is C14H17BrN2S. The van der Waals surface area contributed by atoms with E-state index in [1.165, 1.54) is 15.4 Å². The fraction of sp³-hybridized carbons (Fsp3) is 0.357. The molecule has 0 saturated heterocycles. The van der Waals surface area contributed by atoms with Gasteiger partial charge >= 0.3 is 0 Å². The van der Waals surface area contributed by atoms with Crippen molar-refractivity contribution >= 4 is 27.3 Å². The van der Waals surface area contributed by atoms with Crippen LogP contribution in [0, 0.1) is 6.92 Å². The number of thiazole rings is 1. The third kappa shape index (κ3) is 3.40. The van der Waals surface area contributed by atoms with Crippen LogP contribution in [0.5, 0.6) is 0 Å². The number of nitrogens with one attached hydrogen (secondary N) is 1. The largest absolute Gasteiger partial charge is 0.310 e. The van der Waals surface area contributed by atoms with Crippen LogP contribution in [0.15, 0.2) is 28.7 Å². The molecule has 1 aromatic carbocycles. The standard InChI is InChI=1S/C14H17BrN2S/c1-3-8-16-9-13-17-10(2)14(18-13)11-4-6-12(15)7-5-11/h4-7,16H,3,8-9H2,1-2H3. The molecule has 1 N–H and O–H groups in total. The van der Waals surface area contributed by atoms with Crippen LogP contribution in [0.2, 0.25) is 0 Å². The summed E-state index contributed by atoms with van der Waals surface area (Å²) in [4.78, 5) is 5.90. The minimum atomic E-state index is 0.871. The molecule has 0 bridgehead atoms. The van der Waals surface area contributed by atoms with Gasteiger partial charge in [0, 0.05) is 11.0 Å². The minimum absolute atomic E-state index is 0.871. The van der Waals surface area contributed by atoms with Crippen molar-refractivity contribution in [1.82, 2.24) is 10.3 Å². The first-order chi connectivity index (χ1) is 8.70. The van der Waals surface area contributed by atoms with E-state index >= 15 is 0 Å². The van der Waals surface area contributed by atoms with Gasteiger partial charge in [-0.1, -0.05) is 35.0 Å². The molecule has 2 rings (SSSR count). The Morgan fingerprint density at radius 2 is 2.00 bits per heavy atom. The van der Waals surface area contributed by atoms with E-state index in [1.54, 1.807) is 11.3 Å². The Hall–Kier alpha value is -0.710. The van der Waals surface area contributed by atoms with E-state index in [0.717, 1.165) is 29.7 Å². The van der Waals surface area contributed by atoms with Crippen molar-refractivity contribution in [2.24, 2.45) is 0 Å². The predicted octanol–water partition coefficient (Wildman–Crippen LogP) is 4.38. The van der Waals surface area contributed by atoms with Gasteiger partial charge in [0.1, 0.15) is 5.01 Å². The molecule has 2 aromatic rings. The van der Waals surface area contributed by atoms with Gasteiger partial charge in [-0.15, -0.1) is 11.3 Å². The van der Waals surface area contributed by atoms with Crippen LogP contribution in [0.25, 0.3) is 10.4 Å². The number of hydrogen-bond acceptors (Lipinski definition) is 3. The molecule has 0 saturated carbocycles. The maximum absolute atomic E-state index is 4.63. The van der Waals surface area contributed by atoms with E-state index in [2.05, 4.69) is 64.3 Å². The lowest BCUT2D eigenvalue weighted by Gasteiger charge is -1.98. The van der Waals surface area contributed by atoms with Crippen LogP contribution in [0.3, 0.4) is 0 Å². The van der Waals surface area contributed by atoms with Crippen LogP contribution in [-0.2, 0) is 6.54 Å². The Morgan fingerprint density at radius 3 is 2.67 bits per heavy atom. The maximum atomic E-state index is 4.63. The number of benzene rings is 1. The summed E-state index contributed by atoms with van der Waals surface area (Å²) in [6, 6.07) is 8.41. The monoisotopic (exact) mass is 324 g/mol. The van der Waals surface area contributed by atoms with Crippen LogP contribution in [-0.4, -0.2) is 11.5 Å². The van der Waals surface area contributed by atoms with Gasteiger partial charge in [0.25, 0.3) is 0 Å². The quantitative estimate of drug-likeness (QED) is 0.825. The fourth-order valence-corrected chi connectivity index (χ4v) is 3.07. The second-order valence-electron chi connectivity index (χ2n) is 4.21. The average Bonchev–Trinajstić information content (AvgIpc) is 2.72. The Kier molecular flexibility index (Phi) is 4.92. The molecule has 0 fully saturated rings. The Labute approximate surface area is 121 Å². The zero-order valence-electron chi connectivity index (χ0n) is 10.7. The summed E-state index contributed by atoms with van der Waals surface area (Å²) in [6.45, 7) is 6.17. The normalized spacial score (nSPS) is 10.8. The summed E-state index contributed by atoms with van der Waals surface area (Å²) >= 11 is 5.24. The molecule has 0 aliphatic heterocycles. The number of hydrogen-bond donors (Lipinski definition) is 1. The maximum Gasteiger partial charge on any atom is 0.107 e. The van der Waals surface area contributed by atoms with Crippen molar-refractivity contribution in [2.45, 2.75) is 26.8 Å². The second-order valence-corrected chi connectivity index (χ2v) is 6.21. The smallest absolute Gasteiger partial charge is 0.107 e. The van der Waals surface area contributed by atoms with E-state index < -0.39 is 0 Å². The van der Waals surface area contributed by atoms with Gasteiger partial charge in [-0.05, 0) is 37.6 Å². The molecule has 0 unspecified atom stereocenters. The van der Waals surface area contributed by atoms with Gasteiger partial charge in [-0.2, -0.15) is 0 Å². The molecule has 0 aliphatic carbocycles. The highest BCUT2D eigenvalue weighted by molar-refractivity contribution is 9.10. The van der Waals surface area contributed by atoms with E-state index in [-0.39, 0.29) is 0 Å². The van der Waals surface area contributed by atoms with Gasteiger partial charge in [0.2, 0.25) is 0 Å².